The number of nitrogens with one attached hydrogen (secondary N) is 1. The number of anilines is 1. The van der Waals surface area contributed by atoms with Gasteiger partial charge < -0.3 is 5.11 Å². The van der Waals surface area contributed by atoms with Crippen LogP contribution in [-0.2, 0) is 10.0 Å². The summed E-state index contributed by atoms with van der Waals surface area (Å²) in [5.41, 5.74) is -0.542. The molecule has 1 heterocycles. The maximum Gasteiger partial charge on any atom is 0.358 e. The lowest BCUT2D eigenvalue weighted by molar-refractivity contribution is 0.0691. The first-order chi connectivity index (χ1) is 9.81. The van der Waals surface area contributed by atoms with Crippen molar-refractivity contribution < 1.29 is 22.7 Å². The molecule has 0 fully saturated rings. The molecule has 2 rings (SSSR count). The Kier molecular flexibility index (Phi) is 4.19. The fraction of sp³-hybridized carbons (Fsp3) is 0. The van der Waals surface area contributed by atoms with Crippen molar-refractivity contribution in [3.63, 3.8) is 0 Å². The van der Waals surface area contributed by atoms with Crippen molar-refractivity contribution in [1.29, 1.82) is 0 Å². The molecule has 0 amide bonds. The van der Waals surface area contributed by atoms with Crippen molar-refractivity contribution in [2.45, 2.75) is 4.90 Å². The fourth-order valence-corrected chi connectivity index (χ4v) is 3.51. The van der Waals surface area contributed by atoms with E-state index < -0.39 is 33.3 Å². The zero-order chi connectivity index (χ0) is 15.6. The molecule has 0 saturated heterocycles. The van der Waals surface area contributed by atoms with Crippen LogP contribution in [0, 0.1) is 5.82 Å². The monoisotopic (exact) mass is 375 g/mol. The van der Waals surface area contributed by atoms with E-state index in [-0.39, 0.29) is 9.37 Å². The van der Waals surface area contributed by atoms with Crippen molar-refractivity contribution in [2.24, 2.45) is 0 Å². The molecule has 0 aliphatic heterocycles. The smallest absolute Gasteiger partial charge is 0.358 e. The van der Waals surface area contributed by atoms with Gasteiger partial charge in [-0.2, -0.15) is 0 Å². The number of rotatable bonds is 4. The number of carbonyl (C=O) groups is 1. The Morgan fingerprint density at radius 2 is 1.95 bits per heavy atom. The standard InChI is InChI=1S/C11H7BrFN3O4S/c12-7-5-6(13)1-2-8(7)21(19,20)16-10-9(11(17)18)14-3-4-15-10/h1-5H,(H,15,16)(H,17,18). The number of carboxylic acid groups (broad SMARTS) is 1. The summed E-state index contributed by atoms with van der Waals surface area (Å²) < 4.78 is 39.4. The Hall–Kier alpha value is -2.07. The first-order valence-electron chi connectivity index (χ1n) is 5.33. The molecular weight excluding hydrogens is 369 g/mol. The summed E-state index contributed by atoms with van der Waals surface area (Å²) >= 11 is 2.93. The Morgan fingerprint density at radius 1 is 1.29 bits per heavy atom. The summed E-state index contributed by atoms with van der Waals surface area (Å²) in [6.45, 7) is 0. The number of aromatic nitrogens is 2. The predicted molar refractivity (Wildman–Crippen MR) is 73.9 cm³/mol. The third-order valence-corrected chi connectivity index (χ3v) is 4.63. The van der Waals surface area contributed by atoms with Crippen molar-refractivity contribution in [2.75, 3.05) is 4.72 Å². The van der Waals surface area contributed by atoms with E-state index in [1.165, 1.54) is 0 Å². The maximum absolute atomic E-state index is 13.0. The maximum atomic E-state index is 13.0. The molecule has 0 aliphatic rings. The number of nitrogens with zero attached hydrogens (tertiary/aromatic N) is 2. The molecule has 2 aromatic rings. The van der Waals surface area contributed by atoms with E-state index in [9.17, 15) is 17.6 Å². The molecule has 0 atom stereocenters. The molecule has 0 saturated carbocycles. The summed E-state index contributed by atoms with van der Waals surface area (Å²) in [6.07, 6.45) is 2.26. The molecular formula is C11H7BrFN3O4S. The third-order valence-electron chi connectivity index (χ3n) is 2.32. The zero-order valence-electron chi connectivity index (χ0n) is 10.1. The van der Waals surface area contributed by atoms with Crippen molar-refractivity contribution in [1.82, 2.24) is 9.97 Å². The second kappa shape index (κ2) is 5.74. The number of aromatic carboxylic acids is 1. The van der Waals surface area contributed by atoms with E-state index in [1.807, 2.05) is 4.72 Å². The number of hydrogen-bond acceptors (Lipinski definition) is 5. The van der Waals surface area contributed by atoms with Crippen LogP contribution in [0.15, 0.2) is 40.0 Å². The van der Waals surface area contributed by atoms with Gasteiger partial charge in [0.1, 0.15) is 10.7 Å². The molecule has 21 heavy (non-hydrogen) atoms. The van der Waals surface area contributed by atoms with E-state index >= 15 is 0 Å². The quantitative estimate of drug-likeness (QED) is 0.843. The van der Waals surface area contributed by atoms with Gasteiger partial charge in [0.2, 0.25) is 0 Å². The number of carboxylic acids is 1. The van der Waals surface area contributed by atoms with Crippen molar-refractivity contribution in [3.05, 3.63) is 46.6 Å². The summed E-state index contributed by atoms with van der Waals surface area (Å²) in [7, 11) is -4.15. The van der Waals surface area contributed by atoms with Crippen molar-refractivity contribution in [3.8, 4) is 0 Å². The third kappa shape index (κ3) is 3.34. The van der Waals surface area contributed by atoms with Gasteiger partial charge in [-0.3, -0.25) is 4.72 Å². The summed E-state index contributed by atoms with van der Waals surface area (Å²) in [5.74, 6) is -2.48. The Labute approximate surface area is 127 Å². The zero-order valence-corrected chi connectivity index (χ0v) is 12.5. The number of halogens is 2. The van der Waals surface area contributed by atoms with Gasteiger partial charge in [0.25, 0.3) is 10.0 Å². The largest absolute Gasteiger partial charge is 0.476 e. The minimum absolute atomic E-state index is 0.00392. The van der Waals surface area contributed by atoms with Crippen LogP contribution in [0.5, 0.6) is 0 Å². The molecule has 10 heteroatoms. The topological polar surface area (TPSA) is 109 Å². The molecule has 1 aromatic heterocycles. The van der Waals surface area contributed by atoms with Gasteiger partial charge in [0.15, 0.2) is 11.5 Å². The highest BCUT2D eigenvalue weighted by atomic mass is 79.9. The molecule has 0 radical (unpaired) electrons. The average Bonchev–Trinajstić information content (AvgIpc) is 2.37. The molecule has 0 bridgehead atoms. The highest BCUT2D eigenvalue weighted by Crippen LogP contribution is 2.25. The minimum Gasteiger partial charge on any atom is -0.476 e. The minimum atomic E-state index is -4.15. The fourth-order valence-electron chi connectivity index (χ4n) is 1.44. The lowest BCUT2D eigenvalue weighted by Gasteiger charge is -2.10. The van der Waals surface area contributed by atoms with Gasteiger partial charge in [-0.1, -0.05) is 0 Å². The van der Waals surface area contributed by atoms with E-state index in [1.54, 1.807) is 0 Å². The van der Waals surface area contributed by atoms with E-state index in [0.717, 1.165) is 30.6 Å². The Bertz CT molecular complexity index is 813. The summed E-state index contributed by atoms with van der Waals surface area (Å²) in [5, 5.41) is 8.93. The van der Waals surface area contributed by atoms with Gasteiger partial charge >= 0.3 is 5.97 Å². The lowest BCUT2D eigenvalue weighted by Crippen LogP contribution is -2.18. The van der Waals surface area contributed by atoms with Crippen LogP contribution < -0.4 is 4.72 Å². The molecule has 0 aliphatic carbocycles. The highest BCUT2D eigenvalue weighted by Gasteiger charge is 2.22. The second-order valence-electron chi connectivity index (χ2n) is 3.74. The number of benzene rings is 1. The van der Waals surface area contributed by atoms with Crippen LogP contribution in [0.3, 0.4) is 0 Å². The normalized spacial score (nSPS) is 11.1. The van der Waals surface area contributed by atoms with Crippen LogP contribution in [0.1, 0.15) is 10.5 Å². The molecule has 2 N–H and O–H groups in total. The number of hydrogen-bond donors (Lipinski definition) is 2. The highest BCUT2D eigenvalue weighted by molar-refractivity contribution is 9.10. The van der Waals surface area contributed by atoms with Gasteiger partial charge in [0.05, 0.1) is 0 Å². The number of sulfonamides is 1. The van der Waals surface area contributed by atoms with Crippen LogP contribution in [0.25, 0.3) is 0 Å². The van der Waals surface area contributed by atoms with Crippen LogP contribution in [0.4, 0.5) is 10.2 Å². The molecule has 0 unspecified atom stereocenters. The first-order valence-corrected chi connectivity index (χ1v) is 7.61. The van der Waals surface area contributed by atoms with Crippen LogP contribution in [-0.4, -0.2) is 29.5 Å². The molecule has 1 aromatic carbocycles. The SMILES string of the molecule is O=C(O)c1nccnc1NS(=O)(=O)c1ccc(F)cc1Br. The van der Waals surface area contributed by atoms with Crippen LogP contribution >= 0.6 is 15.9 Å². The van der Waals surface area contributed by atoms with E-state index in [0.29, 0.717) is 0 Å². The second-order valence-corrected chi connectivity index (χ2v) is 6.24. The predicted octanol–water partition coefficient (Wildman–Crippen LogP) is 1.88. The van der Waals surface area contributed by atoms with Gasteiger partial charge in [-0.05, 0) is 34.1 Å². The van der Waals surface area contributed by atoms with E-state index in [2.05, 4.69) is 25.9 Å². The Balaban J connectivity index is 2.45. The molecule has 7 nitrogen and oxygen atoms in total. The summed E-state index contributed by atoms with van der Waals surface area (Å²) in [6, 6.07) is 2.98. The van der Waals surface area contributed by atoms with Gasteiger partial charge in [0, 0.05) is 16.9 Å². The van der Waals surface area contributed by atoms with Gasteiger partial charge in [-0.25, -0.2) is 27.6 Å². The molecule has 110 valence electrons. The lowest BCUT2D eigenvalue weighted by atomic mass is 10.3. The first kappa shape index (κ1) is 15.3. The van der Waals surface area contributed by atoms with Gasteiger partial charge in [-0.15, -0.1) is 0 Å². The molecule has 0 spiro atoms. The Morgan fingerprint density at radius 3 is 2.57 bits per heavy atom. The van der Waals surface area contributed by atoms with Crippen molar-refractivity contribution >= 4 is 37.7 Å². The van der Waals surface area contributed by atoms with E-state index in [4.69, 9.17) is 5.11 Å². The van der Waals surface area contributed by atoms with Crippen LogP contribution in [0.2, 0.25) is 0 Å². The average molecular weight is 376 g/mol. The summed E-state index contributed by atoms with van der Waals surface area (Å²) in [4.78, 5) is 17.9.